The summed E-state index contributed by atoms with van der Waals surface area (Å²) in [5, 5.41) is 13.0. The molecule has 2 amide bonds. The third-order valence-corrected chi connectivity index (χ3v) is 6.07. The molecule has 0 radical (unpaired) electrons. The molecule has 2 aromatic carbocycles. The van der Waals surface area contributed by atoms with Crippen LogP contribution in [0.4, 0.5) is 10.7 Å². The molecule has 1 N–H and O–H groups in total. The second-order valence-electron chi connectivity index (χ2n) is 8.44. The minimum atomic E-state index is -0.0663. The Balaban J connectivity index is 1.59. The lowest BCUT2D eigenvalue weighted by Gasteiger charge is -2.40. The topological polar surface area (TPSA) is 78.7 Å². The van der Waals surface area contributed by atoms with Gasteiger partial charge in [-0.1, -0.05) is 42.0 Å². The quantitative estimate of drug-likeness (QED) is 0.489. The van der Waals surface area contributed by atoms with Crippen LogP contribution in [-0.2, 0) is 0 Å². The Bertz CT molecular complexity index is 1350. The van der Waals surface area contributed by atoms with Gasteiger partial charge in [0.15, 0.2) is 11.5 Å². The maximum absolute atomic E-state index is 12.5. The lowest BCUT2D eigenvalue weighted by atomic mass is 10.1. The number of carbonyl (C=O) groups excluding carboxylic acids is 1. The Kier molecular flexibility index (Phi) is 5.42. The molecule has 0 bridgehead atoms. The average molecular weight is 442 g/mol. The first-order chi connectivity index (χ1) is 16.1. The minimum absolute atomic E-state index is 0.0192. The molecule has 0 unspecified atom stereocenters. The van der Waals surface area contributed by atoms with Crippen LogP contribution >= 0.6 is 0 Å². The van der Waals surface area contributed by atoms with Crippen LogP contribution in [0, 0.1) is 6.92 Å². The van der Waals surface area contributed by atoms with Gasteiger partial charge in [0.1, 0.15) is 0 Å². The van der Waals surface area contributed by atoms with Crippen LogP contribution in [0.25, 0.3) is 27.9 Å². The number of aromatic nitrogens is 4. The highest BCUT2D eigenvalue weighted by atomic mass is 16.2. The number of nitrogens with zero attached hydrogens (tertiary/aromatic N) is 6. The van der Waals surface area contributed by atoms with E-state index in [1.807, 2.05) is 41.3 Å². The molecule has 4 aromatic rings. The second-order valence-corrected chi connectivity index (χ2v) is 8.44. The van der Waals surface area contributed by atoms with Crippen LogP contribution in [0.2, 0.25) is 0 Å². The van der Waals surface area contributed by atoms with Crippen molar-refractivity contribution in [3.05, 3.63) is 66.7 Å². The molecule has 0 saturated carbocycles. The van der Waals surface area contributed by atoms with Crippen molar-refractivity contribution in [1.29, 1.82) is 0 Å². The van der Waals surface area contributed by atoms with Crippen LogP contribution < -0.4 is 10.2 Å². The molecule has 8 nitrogen and oxygen atoms in total. The first kappa shape index (κ1) is 20.9. The van der Waals surface area contributed by atoms with E-state index >= 15 is 0 Å². The van der Waals surface area contributed by atoms with Gasteiger partial charge in [-0.25, -0.2) is 14.2 Å². The number of anilines is 1. The molecule has 33 heavy (non-hydrogen) atoms. The predicted molar refractivity (Wildman–Crippen MR) is 130 cm³/mol. The van der Waals surface area contributed by atoms with Crippen LogP contribution in [0.15, 0.2) is 61.2 Å². The monoisotopic (exact) mass is 441 g/mol. The summed E-state index contributed by atoms with van der Waals surface area (Å²) in [6.07, 6.45) is 1.69. The highest BCUT2D eigenvalue weighted by Crippen LogP contribution is 2.29. The number of benzene rings is 2. The summed E-state index contributed by atoms with van der Waals surface area (Å²) in [4.78, 5) is 21.7. The Labute approximate surface area is 192 Å². The van der Waals surface area contributed by atoms with E-state index in [0.717, 1.165) is 39.4 Å². The largest absolute Gasteiger partial charge is 0.338 e. The van der Waals surface area contributed by atoms with Crippen LogP contribution in [0.5, 0.6) is 0 Å². The molecular weight excluding hydrogens is 414 g/mol. The fourth-order valence-corrected chi connectivity index (χ4v) is 4.45. The van der Waals surface area contributed by atoms with Crippen molar-refractivity contribution in [2.75, 3.05) is 31.1 Å². The van der Waals surface area contributed by atoms with Gasteiger partial charge in [-0.3, -0.25) is 0 Å². The Morgan fingerprint density at radius 2 is 2.03 bits per heavy atom. The molecule has 1 aliphatic heterocycles. The maximum Gasteiger partial charge on any atom is 0.318 e. The first-order valence-corrected chi connectivity index (χ1v) is 11.2. The van der Waals surface area contributed by atoms with Crippen LogP contribution in [0.3, 0.4) is 0 Å². The zero-order chi connectivity index (χ0) is 22.9. The van der Waals surface area contributed by atoms with Crippen molar-refractivity contribution in [1.82, 2.24) is 29.8 Å². The van der Waals surface area contributed by atoms with Crippen LogP contribution in [-0.4, -0.2) is 62.7 Å². The van der Waals surface area contributed by atoms with Crippen molar-refractivity contribution < 1.29 is 4.79 Å². The number of hydrogen-bond donors (Lipinski definition) is 1. The average Bonchev–Trinajstić information content (AvgIpc) is 3.27. The molecule has 3 heterocycles. The zero-order valence-corrected chi connectivity index (χ0v) is 18.9. The molecule has 1 atom stereocenters. The fraction of sp³-hybridized carbons (Fsp3) is 0.280. The zero-order valence-electron chi connectivity index (χ0n) is 18.9. The predicted octanol–water partition coefficient (Wildman–Crippen LogP) is 3.66. The SMILES string of the molecule is C=CCNC(=O)N1CCN(c2nc3ccccc3c3nnc(-c4cccc(C)c4)n23)C[C@H]1C. The number of amides is 2. The number of piperazine rings is 1. The Hall–Kier alpha value is -3.94. The molecule has 2 aromatic heterocycles. The number of para-hydroxylation sites is 1. The standard InChI is InChI=1S/C25H27N7O/c1-4-12-26-25(33)31-14-13-30(16-18(31)3)24-27-21-11-6-5-10-20(21)23-29-28-22(32(23)24)19-9-7-8-17(2)15-19/h4-11,15,18H,1,12-14,16H2,2-3H3,(H,26,33)/t18-/m1/s1. The number of fused-ring (bicyclic) bond motifs is 3. The third kappa shape index (κ3) is 3.77. The van der Waals surface area contributed by atoms with Gasteiger partial charge >= 0.3 is 6.03 Å². The molecule has 0 spiro atoms. The normalized spacial score (nSPS) is 16.4. The van der Waals surface area contributed by atoms with Crippen LogP contribution in [0.1, 0.15) is 12.5 Å². The Morgan fingerprint density at radius 3 is 2.82 bits per heavy atom. The van der Waals surface area contributed by atoms with E-state index in [1.54, 1.807) is 6.08 Å². The molecule has 168 valence electrons. The number of urea groups is 1. The van der Waals surface area contributed by atoms with E-state index in [1.165, 1.54) is 0 Å². The number of nitrogens with one attached hydrogen (secondary N) is 1. The number of hydrogen-bond acceptors (Lipinski definition) is 5. The summed E-state index contributed by atoms with van der Waals surface area (Å²) in [6.45, 7) is 10.2. The van der Waals surface area contributed by atoms with Gasteiger partial charge in [-0.2, -0.15) is 0 Å². The van der Waals surface area contributed by atoms with Gasteiger partial charge in [0.2, 0.25) is 5.95 Å². The van der Waals surface area contributed by atoms with Gasteiger partial charge in [0, 0.05) is 43.2 Å². The molecule has 5 rings (SSSR count). The number of rotatable bonds is 4. The van der Waals surface area contributed by atoms with Crippen molar-refractivity contribution >= 4 is 28.5 Å². The molecule has 1 saturated heterocycles. The smallest absolute Gasteiger partial charge is 0.318 e. The van der Waals surface area contributed by atoms with Crippen molar-refractivity contribution in [2.24, 2.45) is 0 Å². The molecule has 8 heteroatoms. The molecule has 1 fully saturated rings. The molecule has 0 aliphatic carbocycles. The molecule has 1 aliphatic rings. The number of aryl methyl sites for hydroxylation is 1. The van der Waals surface area contributed by atoms with E-state index in [-0.39, 0.29) is 12.1 Å². The summed E-state index contributed by atoms with van der Waals surface area (Å²) in [5.74, 6) is 1.56. The van der Waals surface area contributed by atoms with Gasteiger partial charge in [0.05, 0.1) is 5.52 Å². The summed E-state index contributed by atoms with van der Waals surface area (Å²) in [7, 11) is 0. The van der Waals surface area contributed by atoms with E-state index in [0.29, 0.717) is 26.2 Å². The van der Waals surface area contributed by atoms with E-state index in [4.69, 9.17) is 4.98 Å². The summed E-state index contributed by atoms with van der Waals surface area (Å²) < 4.78 is 2.05. The van der Waals surface area contributed by atoms with Crippen molar-refractivity contribution in [2.45, 2.75) is 19.9 Å². The molecular formula is C25H27N7O. The Morgan fingerprint density at radius 1 is 1.18 bits per heavy atom. The maximum atomic E-state index is 12.5. The summed E-state index contributed by atoms with van der Waals surface area (Å²) in [5.41, 5.74) is 3.82. The van der Waals surface area contributed by atoms with E-state index < -0.39 is 0 Å². The van der Waals surface area contributed by atoms with Crippen molar-refractivity contribution in [3.63, 3.8) is 0 Å². The lowest BCUT2D eigenvalue weighted by Crippen LogP contribution is -2.57. The van der Waals surface area contributed by atoms with E-state index in [2.05, 4.69) is 57.4 Å². The van der Waals surface area contributed by atoms with E-state index in [9.17, 15) is 4.79 Å². The highest BCUT2D eigenvalue weighted by molar-refractivity contribution is 5.93. The summed E-state index contributed by atoms with van der Waals surface area (Å²) in [6, 6.07) is 16.2. The second kappa shape index (κ2) is 8.54. The van der Waals surface area contributed by atoms with Gasteiger partial charge < -0.3 is 15.1 Å². The minimum Gasteiger partial charge on any atom is -0.338 e. The van der Waals surface area contributed by atoms with Crippen molar-refractivity contribution in [3.8, 4) is 11.4 Å². The third-order valence-electron chi connectivity index (χ3n) is 6.07. The summed E-state index contributed by atoms with van der Waals surface area (Å²) >= 11 is 0. The van der Waals surface area contributed by atoms with Gasteiger partial charge in [-0.15, -0.1) is 16.8 Å². The fourth-order valence-electron chi connectivity index (χ4n) is 4.45. The van der Waals surface area contributed by atoms with Gasteiger partial charge in [0.25, 0.3) is 0 Å². The number of carbonyl (C=O) groups is 1. The lowest BCUT2D eigenvalue weighted by molar-refractivity contribution is 0.172. The highest BCUT2D eigenvalue weighted by Gasteiger charge is 2.30. The first-order valence-electron chi connectivity index (χ1n) is 11.2. The van der Waals surface area contributed by atoms with Gasteiger partial charge in [-0.05, 0) is 32.0 Å².